The van der Waals surface area contributed by atoms with E-state index in [9.17, 15) is 0 Å². The summed E-state index contributed by atoms with van der Waals surface area (Å²) in [5, 5.41) is 5.23. The van der Waals surface area contributed by atoms with Crippen molar-refractivity contribution in [1.29, 1.82) is 0 Å². The molecule has 17 heavy (non-hydrogen) atoms. The van der Waals surface area contributed by atoms with Gasteiger partial charge >= 0.3 is 0 Å². The molecule has 0 aromatic carbocycles. The molecule has 0 atom stereocenters. The van der Waals surface area contributed by atoms with E-state index in [1.807, 2.05) is 12.3 Å². The van der Waals surface area contributed by atoms with Gasteiger partial charge in [0.2, 0.25) is 0 Å². The Morgan fingerprint density at radius 2 is 2.24 bits per heavy atom. The number of rotatable bonds is 4. The third kappa shape index (κ3) is 2.81. The van der Waals surface area contributed by atoms with E-state index in [4.69, 9.17) is 0 Å². The molecule has 0 aliphatic rings. The topological polar surface area (TPSA) is 50.7 Å². The maximum atomic E-state index is 4.49. The SMILES string of the molecule is CCCNc1nc(-c2cscn2)nc(C)c1Br. The normalized spacial score (nSPS) is 10.5. The van der Waals surface area contributed by atoms with Gasteiger partial charge < -0.3 is 5.32 Å². The van der Waals surface area contributed by atoms with Crippen molar-refractivity contribution in [2.75, 3.05) is 11.9 Å². The lowest BCUT2D eigenvalue weighted by molar-refractivity contribution is 0.957. The molecule has 2 aromatic heterocycles. The Bertz CT molecular complexity index is 498. The summed E-state index contributed by atoms with van der Waals surface area (Å²) in [6.45, 7) is 4.97. The lowest BCUT2D eigenvalue weighted by Crippen LogP contribution is -2.06. The van der Waals surface area contributed by atoms with Crippen LogP contribution in [0.5, 0.6) is 0 Å². The first kappa shape index (κ1) is 12.4. The second-order valence-corrected chi connectivity index (χ2v) is 5.11. The molecule has 6 heteroatoms. The summed E-state index contributed by atoms with van der Waals surface area (Å²) in [5.41, 5.74) is 3.53. The van der Waals surface area contributed by atoms with E-state index in [-0.39, 0.29) is 0 Å². The minimum atomic E-state index is 0.672. The molecule has 2 aromatic rings. The molecule has 4 nitrogen and oxygen atoms in total. The van der Waals surface area contributed by atoms with Gasteiger partial charge in [-0.25, -0.2) is 15.0 Å². The second-order valence-electron chi connectivity index (χ2n) is 3.60. The number of hydrogen-bond donors (Lipinski definition) is 1. The molecule has 0 unspecified atom stereocenters. The van der Waals surface area contributed by atoms with Gasteiger partial charge in [0.25, 0.3) is 0 Å². The second kappa shape index (κ2) is 5.55. The number of halogens is 1. The third-order valence-electron chi connectivity index (χ3n) is 2.22. The van der Waals surface area contributed by atoms with Crippen molar-refractivity contribution in [2.45, 2.75) is 20.3 Å². The van der Waals surface area contributed by atoms with E-state index >= 15 is 0 Å². The summed E-state index contributed by atoms with van der Waals surface area (Å²) in [5.74, 6) is 1.51. The Hall–Kier alpha value is -1.01. The molecule has 0 radical (unpaired) electrons. The Balaban J connectivity index is 2.39. The van der Waals surface area contributed by atoms with Crippen molar-refractivity contribution in [3.63, 3.8) is 0 Å². The highest BCUT2D eigenvalue weighted by Gasteiger charge is 2.11. The Labute approximate surface area is 113 Å². The molecular formula is C11H13BrN4S. The number of nitrogens with one attached hydrogen (secondary N) is 1. The van der Waals surface area contributed by atoms with Crippen molar-refractivity contribution in [2.24, 2.45) is 0 Å². The maximum absolute atomic E-state index is 4.49. The van der Waals surface area contributed by atoms with Crippen molar-refractivity contribution < 1.29 is 0 Å². The summed E-state index contributed by atoms with van der Waals surface area (Å²) < 4.78 is 0.921. The molecule has 0 saturated carbocycles. The molecule has 1 N–H and O–H groups in total. The van der Waals surface area contributed by atoms with Crippen LogP contribution >= 0.6 is 27.3 Å². The van der Waals surface area contributed by atoms with Crippen LogP contribution in [0, 0.1) is 6.92 Å². The van der Waals surface area contributed by atoms with E-state index < -0.39 is 0 Å². The minimum Gasteiger partial charge on any atom is -0.369 e. The van der Waals surface area contributed by atoms with E-state index in [2.05, 4.69) is 43.1 Å². The molecule has 0 fully saturated rings. The number of nitrogens with zero attached hydrogens (tertiary/aromatic N) is 3. The van der Waals surface area contributed by atoms with Crippen molar-refractivity contribution in [3.8, 4) is 11.5 Å². The van der Waals surface area contributed by atoms with Crippen LogP contribution in [0.3, 0.4) is 0 Å². The van der Waals surface area contributed by atoms with Crippen molar-refractivity contribution in [3.05, 3.63) is 21.1 Å². The fraction of sp³-hybridized carbons (Fsp3) is 0.364. The third-order valence-corrected chi connectivity index (χ3v) is 3.76. The molecule has 0 bridgehead atoms. The van der Waals surface area contributed by atoms with Gasteiger partial charge in [0.05, 0.1) is 15.7 Å². The first-order valence-corrected chi connectivity index (χ1v) is 7.12. The van der Waals surface area contributed by atoms with Crippen LogP contribution in [-0.4, -0.2) is 21.5 Å². The largest absolute Gasteiger partial charge is 0.369 e. The average molecular weight is 313 g/mol. The van der Waals surface area contributed by atoms with Crippen molar-refractivity contribution >= 4 is 33.1 Å². The highest BCUT2D eigenvalue weighted by Crippen LogP contribution is 2.26. The van der Waals surface area contributed by atoms with E-state index in [0.717, 1.165) is 34.6 Å². The molecule has 0 amide bonds. The predicted molar refractivity (Wildman–Crippen MR) is 74.4 cm³/mol. The van der Waals surface area contributed by atoms with Crippen LogP contribution in [0.2, 0.25) is 0 Å². The molecule has 0 spiro atoms. The van der Waals surface area contributed by atoms with Gasteiger partial charge in [0.15, 0.2) is 5.82 Å². The monoisotopic (exact) mass is 312 g/mol. The van der Waals surface area contributed by atoms with Crippen LogP contribution in [0.4, 0.5) is 5.82 Å². The molecule has 2 rings (SSSR count). The van der Waals surface area contributed by atoms with Gasteiger partial charge in [-0.3, -0.25) is 0 Å². The highest BCUT2D eigenvalue weighted by atomic mass is 79.9. The summed E-state index contributed by atoms with van der Waals surface area (Å²) in [6, 6.07) is 0. The van der Waals surface area contributed by atoms with Gasteiger partial charge in [0.1, 0.15) is 11.5 Å². The van der Waals surface area contributed by atoms with E-state index in [1.54, 1.807) is 16.8 Å². The number of aromatic nitrogens is 3. The van der Waals surface area contributed by atoms with Crippen LogP contribution in [-0.2, 0) is 0 Å². The zero-order valence-corrected chi connectivity index (χ0v) is 12.1. The van der Waals surface area contributed by atoms with Crippen LogP contribution < -0.4 is 5.32 Å². The van der Waals surface area contributed by atoms with Crippen molar-refractivity contribution in [1.82, 2.24) is 15.0 Å². The standard InChI is InChI=1S/C11H13BrN4S/c1-3-4-13-11-9(12)7(2)15-10(16-11)8-5-17-6-14-8/h5-6H,3-4H2,1-2H3,(H,13,15,16). The van der Waals surface area contributed by atoms with Crippen LogP contribution in [0.15, 0.2) is 15.4 Å². The number of anilines is 1. The van der Waals surface area contributed by atoms with E-state index in [1.165, 1.54) is 0 Å². The lowest BCUT2D eigenvalue weighted by Gasteiger charge is -2.09. The molecule has 0 saturated heterocycles. The Morgan fingerprint density at radius 1 is 1.41 bits per heavy atom. The fourth-order valence-corrected chi connectivity index (χ4v) is 2.21. The van der Waals surface area contributed by atoms with Gasteiger partial charge in [-0.2, -0.15) is 0 Å². The zero-order chi connectivity index (χ0) is 12.3. The fourth-order valence-electron chi connectivity index (χ4n) is 1.36. The predicted octanol–water partition coefficient (Wildman–Crippen LogP) is 3.49. The first-order chi connectivity index (χ1) is 8.22. The first-order valence-electron chi connectivity index (χ1n) is 5.39. The summed E-state index contributed by atoms with van der Waals surface area (Å²) in [7, 11) is 0. The smallest absolute Gasteiger partial charge is 0.181 e. The van der Waals surface area contributed by atoms with E-state index in [0.29, 0.717) is 5.82 Å². The average Bonchev–Trinajstić information content (AvgIpc) is 2.84. The van der Waals surface area contributed by atoms with Gasteiger partial charge in [-0.1, -0.05) is 6.92 Å². The number of hydrogen-bond acceptors (Lipinski definition) is 5. The Kier molecular flexibility index (Phi) is 4.06. The molecule has 0 aliphatic carbocycles. The highest BCUT2D eigenvalue weighted by molar-refractivity contribution is 9.10. The summed E-state index contributed by atoms with van der Waals surface area (Å²) in [4.78, 5) is 13.1. The lowest BCUT2D eigenvalue weighted by atomic mass is 10.3. The molecule has 0 aliphatic heterocycles. The summed E-state index contributed by atoms with van der Waals surface area (Å²) in [6.07, 6.45) is 1.06. The number of aryl methyl sites for hydroxylation is 1. The van der Waals surface area contributed by atoms with Gasteiger partial charge in [0, 0.05) is 11.9 Å². The molecule has 2 heterocycles. The maximum Gasteiger partial charge on any atom is 0.181 e. The summed E-state index contributed by atoms with van der Waals surface area (Å²) >= 11 is 5.05. The Morgan fingerprint density at radius 3 is 2.88 bits per heavy atom. The quantitative estimate of drug-likeness (QED) is 0.939. The van der Waals surface area contributed by atoms with Gasteiger partial charge in [-0.15, -0.1) is 11.3 Å². The zero-order valence-electron chi connectivity index (χ0n) is 9.70. The molecular weight excluding hydrogens is 300 g/mol. The minimum absolute atomic E-state index is 0.672. The van der Waals surface area contributed by atoms with Crippen LogP contribution in [0.1, 0.15) is 19.0 Å². The van der Waals surface area contributed by atoms with Gasteiger partial charge in [-0.05, 0) is 29.3 Å². The number of thiazole rings is 1. The molecule has 90 valence electrons. The van der Waals surface area contributed by atoms with Crippen LogP contribution in [0.25, 0.3) is 11.5 Å².